The van der Waals surface area contributed by atoms with Crippen LogP contribution in [0.1, 0.15) is 239 Å². The van der Waals surface area contributed by atoms with E-state index in [1.54, 1.807) is 0 Å². The molecule has 0 bridgehead atoms. The van der Waals surface area contributed by atoms with Gasteiger partial charge in [0.25, 0.3) is 0 Å². The van der Waals surface area contributed by atoms with Crippen LogP contribution in [0.25, 0.3) is 0 Å². The topological polar surface area (TPSA) is 108 Å². The fourth-order valence-electron chi connectivity index (χ4n) is 7.69. The van der Waals surface area contributed by atoms with Crippen molar-refractivity contribution >= 4 is 19.8 Å². The number of unbranched alkanes of at least 4 members (excludes halogenated alkanes) is 25. The highest BCUT2D eigenvalue weighted by Crippen LogP contribution is 2.43. The van der Waals surface area contributed by atoms with Crippen molar-refractivity contribution in [2.75, 3.05) is 47.5 Å². The van der Waals surface area contributed by atoms with E-state index < -0.39 is 26.5 Å². The predicted octanol–water partition coefficient (Wildman–Crippen LogP) is 17.3. The average Bonchev–Trinajstić information content (AvgIpc) is 3.31. The average molecular weight is 989 g/mol. The van der Waals surface area contributed by atoms with Gasteiger partial charge in [0, 0.05) is 12.8 Å². The third-order valence-corrected chi connectivity index (χ3v) is 13.0. The number of likely N-dealkylation sites (N-methyl/N-ethyl adjacent to an activating group) is 1. The van der Waals surface area contributed by atoms with Gasteiger partial charge in [0.2, 0.25) is 0 Å². The Morgan fingerprint density at radius 3 is 1.20 bits per heavy atom. The first kappa shape index (κ1) is 66.5. The van der Waals surface area contributed by atoms with Crippen LogP contribution in [0.5, 0.6) is 0 Å². The van der Waals surface area contributed by atoms with Gasteiger partial charge >= 0.3 is 19.8 Å². The fourth-order valence-corrected chi connectivity index (χ4v) is 8.43. The molecular weight excluding hydrogens is 882 g/mol. The predicted molar refractivity (Wildman–Crippen MR) is 293 cm³/mol. The van der Waals surface area contributed by atoms with Crippen molar-refractivity contribution in [2.24, 2.45) is 0 Å². The zero-order valence-corrected chi connectivity index (χ0v) is 46.2. The Hall–Kier alpha value is -2.55. The summed E-state index contributed by atoms with van der Waals surface area (Å²) in [5.74, 6) is -0.891. The molecule has 0 radical (unpaired) electrons. The van der Waals surface area contributed by atoms with E-state index in [1.807, 2.05) is 33.3 Å². The molecule has 0 aliphatic heterocycles. The van der Waals surface area contributed by atoms with E-state index in [0.29, 0.717) is 17.4 Å². The van der Waals surface area contributed by atoms with E-state index in [2.05, 4.69) is 74.6 Å². The highest BCUT2D eigenvalue weighted by Gasteiger charge is 2.27. The van der Waals surface area contributed by atoms with Crippen LogP contribution < -0.4 is 0 Å². The summed E-state index contributed by atoms with van der Waals surface area (Å²) in [5.41, 5.74) is 0. The van der Waals surface area contributed by atoms with Crippen LogP contribution in [0.4, 0.5) is 0 Å². The Morgan fingerprint density at radius 1 is 0.464 bits per heavy atom. The Bertz CT molecular complexity index is 1400. The van der Waals surface area contributed by atoms with Crippen LogP contribution in [0.2, 0.25) is 0 Å². The van der Waals surface area contributed by atoms with Gasteiger partial charge in [0.15, 0.2) is 6.10 Å². The molecule has 0 aromatic carbocycles. The molecule has 2 unspecified atom stereocenters. The first-order valence-electron chi connectivity index (χ1n) is 28.2. The molecule has 0 rings (SSSR count). The Kier molecular flexibility index (Phi) is 48.5. The maximum atomic E-state index is 12.7. The molecule has 0 amide bonds. The first-order valence-corrected chi connectivity index (χ1v) is 29.7. The van der Waals surface area contributed by atoms with Gasteiger partial charge in [-0.2, -0.15) is 0 Å². The molecule has 9 nitrogen and oxygen atoms in total. The highest BCUT2D eigenvalue weighted by molar-refractivity contribution is 7.47. The number of esters is 2. The summed E-state index contributed by atoms with van der Waals surface area (Å²) in [4.78, 5) is 35.6. The number of quaternary nitrogens is 1. The van der Waals surface area contributed by atoms with E-state index in [-0.39, 0.29) is 32.0 Å². The van der Waals surface area contributed by atoms with Gasteiger partial charge in [0.1, 0.15) is 19.8 Å². The maximum Gasteiger partial charge on any atom is 0.472 e. The van der Waals surface area contributed by atoms with Crippen LogP contribution in [-0.4, -0.2) is 74.9 Å². The zero-order chi connectivity index (χ0) is 50.6. The minimum atomic E-state index is -4.41. The van der Waals surface area contributed by atoms with Gasteiger partial charge in [-0.1, -0.05) is 247 Å². The summed E-state index contributed by atoms with van der Waals surface area (Å²) < 4.78 is 34.4. The lowest BCUT2D eigenvalue weighted by atomic mass is 10.0. The van der Waals surface area contributed by atoms with Gasteiger partial charge in [-0.25, -0.2) is 4.57 Å². The van der Waals surface area contributed by atoms with Gasteiger partial charge in [-0.15, -0.1) is 0 Å². The fraction of sp³-hybridized carbons (Fsp3) is 0.763. The standard InChI is InChI=1S/C59H106NO8P/c1-6-8-10-12-14-16-18-20-22-24-26-27-28-29-30-31-32-34-35-37-39-41-43-45-47-49-51-58(61)65-55-57(56-67-69(63,64)66-54-53-60(3,4)5)68-59(62)52-50-48-46-44-42-40-38-36-33-25-23-21-19-17-15-13-11-9-7-2/h9,11,15,17,21,23,33,36,40,42,46,48,57H,6-8,10,12-14,16,18-20,22,24-32,34-35,37-39,41,43-45,47,49-56H2,1-5H3/p+1/b11-9-,17-15-,23-21-,36-33-,42-40-,48-46-. The Balaban J connectivity index is 4.22. The van der Waals surface area contributed by atoms with E-state index in [0.717, 1.165) is 57.8 Å². The van der Waals surface area contributed by atoms with Crippen molar-refractivity contribution in [3.63, 3.8) is 0 Å². The summed E-state index contributed by atoms with van der Waals surface area (Å²) in [6, 6.07) is 0. The lowest BCUT2D eigenvalue weighted by Gasteiger charge is -2.24. The number of phosphoric acid groups is 1. The van der Waals surface area contributed by atoms with E-state index >= 15 is 0 Å². The monoisotopic (exact) mass is 989 g/mol. The summed E-state index contributed by atoms with van der Waals surface area (Å²) in [5, 5.41) is 0. The van der Waals surface area contributed by atoms with Crippen LogP contribution in [-0.2, 0) is 32.7 Å². The number of hydrogen-bond acceptors (Lipinski definition) is 7. The number of carbonyl (C=O) groups is 2. The number of phosphoric ester groups is 1. The van der Waals surface area contributed by atoms with Crippen molar-refractivity contribution < 1.29 is 42.1 Å². The molecule has 0 heterocycles. The quantitative estimate of drug-likeness (QED) is 0.0211. The Morgan fingerprint density at radius 2 is 0.826 bits per heavy atom. The molecule has 0 spiro atoms. The normalized spacial score (nSPS) is 13.9. The van der Waals surface area contributed by atoms with Crippen molar-refractivity contribution in [2.45, 2.75) is 245 Å². The van der Waals surface area contributed by atoms with E-state index in [1.165, 1.54) is 148 Å². The van der Waals surface area contributed by atoms with Crippen LogP contribution >= 0.6 is 7.82 Å². The van der Waals surface area contributed by atoms with Gasteiger partial charge < -0.3 is 18.9 Å². The molecule has 1 N–H and O–H groups in total. The molecule has 0 saturated carbocycles. The van der Waals surface area contributed by atoms with Crippen LogP contribution in [0, 0.1) is 0 Å². The zero-order valence-electron chi connectivity index (χ0n) is 45.3. The number of hydrogen-bond donors (Lipinski definition) is 1. The molecule has 0 aromatic heterocycles. The molecule has 2 atom stereocenters. The lowest BCUT2D eigenvalue weighted by Crippen LogP contribution is -2.37. The van der Waals surface area contributed by atoms with Gasteiger partial charge in [-0.05, 0) is 51.4 Å². The molecule has 0 aliphatic rings. The van der Waals surface area contributed by atoms with Crippen molar-refractivity contribution in [1.82, 2.24) is 0 Å². The summed E-state index contributed by atoms with van der Waals surface area (Å²) in [6.45, 7) is 4.25. The SMILES string of the molecule is CC/C=C\C/C=C\C/C=C\C/C=C\C/C=C\C/C=C\CCC(=O)OC(COC(=O)CCCCCCCCCCCCCCCCCCCCCCCCCCCC)COP(=O)(O)OCC[N+](C)(C)C. The van der Waals surface area contributed by atoms with Gasteiger partial charge in [-0.3, -0.25) is 18.6 Å². The van der Waals surface area contributed by atoms with E-state index in [4.69, 9.17) is 18.5 Å². The molecule has 0 saturated heterocycles. The van der Waals surface area contributed by atoms with Crippen molar-refractivity contribution in [3.8, 4) is 0 Å². The number of nitrogens with zero attached hydrogens (tertiary/aromatic N) is 1. The molecule has 0 aliphatic carbocycles. The number of allylic oxidation sites excluding steroid dienone is 12. The minimum Gasteiger partial charge on any atom is -0.462 e. The second-order valence-corrected chi connectivity index (χ2v) is 21.4. The second-order valence-electron chi connectivity index (χ2n) is 19.9. The molecule has 0 aromatic rings. The summed E-state index contributed by atoms with van der Waals surface area (Å²) in [6.07, 6.45) is 65.7. The van der Waals surface area contributed by atoms with Gasteiger partial charge in [0.05, 0.1) is 27.7 Å². The molecular formula is C59H107NO8P+. The minimum absolute atomic E-state index is 0.0162. The van der Waals surface area contributed by atoms with Crippen molar-refractivity contribution in [1.29, 1.82) is 0 Å². The molecule has 0 fully saturated rings. The van der Waals surface area contributed by atoms with E-state index in [9.17, 15) is 19.0 Å². The number of ether oxygens (including phenoxy) is 2. The summed E-state index contributed by atoms with van der Waals surface area (Å²) >= 11 is 0. The number of rotatable bonds is 51. The van der Waals surface area contributed by atoms with Crippen LogP contribution in [0.15, 0.2) is 72.9 Å². The largest absolute Gasteiger partial charge is 0.472 e. The van der Waals surface area contributed by atoms with Crippen molar-refractivity contribution in [3.05, 3.63) is 72.9 Å². The highest BCUT2D eigenvalue weighted by atomic mass is 31.2. The third-order valence-electron chi connectivity index (χ3n) is 12.0. The number of carbonyl (C=O) groups excluding carboxylic acids is 2. The molecule has 69 heavy (non-hydrogen) atoms. The van der Waals surface area contributed by atoms with Crippen LogP contribution in [0.3, 0.4) is 0 Å². The third kappa shape index (κ3) is 54.6. The Labute approximate surface area is 425 Å². The second kappa shape index (κ2) is 50.4. The summed E-state index contributed by atoms with van der Waals surface area (Å²) in [7, 11) is 1.43. The molecule has 400 valence electrons. The molecule has 10 heteroatoms. The maximum absolute atomic E-state index is 12.7. The lowest BCUT2D eigenvalue weighted by molar-refractivity contribution is -0.870. The first-order chi connectivity index (χ1) is 33.5. The smallest absolute Gasteiger partial charge is 0.462 e.